The second-order valence-corrected chi connectivity index (χ2v) is 11.8. The topological polar surface area (TPSA) is 136 Å². The van der Waals surface area contributed by atoms with Crippen molar-refractivity contribution in [2.24, 2.45) is 5.92 Å². The monoisotopic (exact) mass is 565 g/mol. The van der Waals surface area contributed by atoms with Crippen LogP contribution in [0, 0.1) is 12.8 Å². The van der Waals surface area contributed by atoms with Crippen molar-refractivity contribution in [2.45, 2.75) is 58.7 Å². The zero-order valence-corrected chi connectivity index (χ0v) is 23.7. The summed E-state index contributed by atoms with van der Waals surface area (Å²) in [5, 5.41) is 0. The number of nitrogens with zero attached hydrogens (tertiary/aromatic N) is 3. The summed E-state index contributed by atoms with van der Waals surface area (Å²) in [6, 6.07) is 5.46. The van der Waals surface area contributed by atoms with Crippen LogP contribution in [0.5, 0.6) is 23.3 Å². The van der Waals surface area contributed by atoms with Gasteiger partial charge < -0.3 is 23.8 Å². The molecule has 2 aromatic rings. The average Bonchev–Trinajstić information content (AvgIpc) is 2.88. The molecule has 2 aliphatic rings. The van der Waals surface area contributed by atoms with E-state index in [4.69, 9.17) is 27.3 Å². The first-order valence-electron chi connectivity index (χ1n) is 12.8. The van der Waals surface area contributed by atoms with E-state index in [0.717, 1.165) is 5.56 Å². The number of methoxy groups -OCH3 is 1. The molecule has 0 radical (unpaired) electrons. The van der Waals surface area contributed by atoms with Crippen LogP contribution in [0.15, 0.2) is 24.5 Å². The highest BCUT2D eigenvalue weighted by Crippen LogP contribution is 2.35. The second-order valence-electron chi connectivity index (χ2n) is 10.5. The third kappa shape index (κ3) is 7.93. The van der Waals surface area contributed by atoms with E-state index in [-0.39, 0.29) is 31.3 Å². The number of carbonyl (C=O) groups excluding carboxylic acids is 1. The third-order valence-electron chi connectivity index (χ3n) is 6.22. The van der Waals surface area contributed by atoms with Crippen LogP contribution in [-0.4, -0.2) is 74.5 Å². The number of benzene rings is 1. The minimum atomic E-state index is -3.88. The van der Waals surface area contributed by atoms with Gasteiger partial charge >= 0.3 is 16.5 Å². The van der Waals surface area contributed by atoms with Crippen LogP contribution in [0.3, 0.4) is 0 Å². The SMILES string of the molecule is COc1cc(CC2COS(=O)(=O)OC2)ccc1Oc1ncnc(OC2CCN(C(=O)OC(C)(C)C)CC2)c1C. The van der Waals surface area contributed by atoms with E-state index in [1.54, 1.807) is 11.0 Å². The van der Waals surface area contributed by atoms with Crippen molar-refractivity contribution in [3.8, 4) is 23.3 Å². The maximum Gasteiger partial charge on any atom is 0.410 e. The quantitative estimate of drug-likeness (QED) is 0.485. The maximum absolute atomic E-state index is 12.3. The summed E-state index contributed by atoms with van der Waals surface area (Å²) >= 11 is 0. The first-order chi connectivity index (χ1) is 18.4. The summed E-state index contributed by atoms with van der Waals surface area (Å²) in [6.45, 7) is 8.55. The van der Waals surface area contributed by atoms with Crippen LogP contribution in [0.1, 0.15) is 44.7 Å². The molecule has 2 saturated heterocycles. The number of hydrogen-bond acceptors (Lipinski definition) is 11. The zero-order valence-electron chi connectivity index (χ0n) is 22.8. The summed E-state index contributed by atoms with van der Waals surface area (Å²) in [5.41, 5.74) is 1.01. The Morgan fingerprint density at radius 3 is 2.38 bits per heavy atom. The fraction of sp³-hybridized carbons (Fsp3) is 0.577. The van der Waals surface area contributed by atoms with Crippen molar-refractivity contribution in [2.75, 3.05) is 33.4 Å². The van der Waals surface area contributed by atoms with Gasteiger partial charge in [-0.15, -0.1) is 0 Å². The highest BCUT2D eigenvalue weighted by molar-refractivity contribution is 7.81. The standard InChI is InChI=1S/C26H35N3O9S/c1-17-23(36-20-8-10-29(11-9-20)25(30)38-26(2,3)4)27-16-28-24(17)37-21-7-6-18(13-22(21)33-5)12-19-14-34-39(31,32)35-15-19/h6-7,13,16,19-20H,8-12,14-15H2,1-5H3. The molecule has 0 atom stereocenters. The molecule has 13 heteroatoms. The van der Waals surface area contributed by atoms with Gasteiger partial charge in [-0.1, -0.05) is 6.07 Å². The predicted molar refractivity (Wildman–Crippen MR) is 139 cm³/mol. The highest BCUT2D eigenvalue weighted by atomic mass is 32.3. The van der Waals surface area contributed by atoms with Gasteiger partial charge in [0.05, 0.1) is 25.9 Å². The average molecular weight is 566 g/mol. The molecule has 2 fully saturated rings. The van der Waals surface area contributed by atoms with Crippen LogP contribution < -0.4 is 14.2 Å². The van der Waals surface area contributed by atoms with Gasteiger partial charge in [0.2, 0.25) is 11.8 Å². The number of aromatic nitrogens is 2. The summed E-state index contributed by atoms with van der Waals surface area (Å²) in [6.07, 6.45) is 2.80. The molecule has 0 aliphatic carbocycles. The lowest BCUT2D eigenvalue weighted by atomic mass is 10.0. The van der Waals surface area contributed by atoms with Crippen LogP contribution in [0.4, 0.5) is 4.79 Å². The van der Waals surface area contributed by atoms with Crippen molar-refractivity contribution >= 4 is 16.5 Å². The number of piperidine rings is 1. The van der Waals surface area contributed by atoms with Crippen molar-refractivity contribution < 1.29 is 40.5 Å². The number of likely N-dealkylation sites (tertiary alicyclic amines) is 1. The Labute approximate surface area is 228 Å². The summed E-state index contributed by atoms with van der Waals surface area (Å²) in [7, 11) is -2.34. The molecule has 39 heavy (non-hydrogen) atoms. The molecule has 4 rings (SSSR count). The molecule has 1 aromatic carbocycles. The Bertz CT molecular complexity index is 1260. The number of ether oxygens (including phenoxy) is 4. The molecule has 214 valence electrons. The van der Waals surface area contributed by atoms with Crippen LogP contribution >= 0.6 is 0 Å². The maximum atomic E-state index is 12.3. The predicted octanol–water partition coefficient (Wildman–Crippen LogP) is 3.81. The van der Waals surface area contributed by atoms with Crippen LogP contribution in [-0.2, 0) is 29.9 Å². The smallest absolute Gasteiger partial charge is 0.410 e. The number of rotatable bonds is 7. The lowest BCUT2D eigenvalue weighted by molar-refractivity contribution is 0.0122. The van der Waals surface area contributed by atoms with Crippen molar-refractivity contribution in [1.29, 1.82) is 0 Å². The van der Waals surface area contributed by atoms with Gasteiger partial charge in [-0.05, 0) is 51.8 Å². The molecule has 0 saturated carbocycles. The molecule has 0 unspecified atom stereocenters. The van der Waals surface area contributed by atoms with E-state index < -0.39 is 16.0 Å². The van der Waals surface area contributed by atoms with Gasteiger partial charge in [0.1, 0.15) is 18.0 Å². The molecule has 1 aromatic heterocycles. The van der Waals surface area contributed by atoms with E-state index in [2.05, 4.69) is 9.97 Å². The molecule has 0 spiro atoms. The molecular formula is C26H35N3O9S. The van der Waals surface area contributed by atoms with E-state index in [1.165, 1.54) is 13.4 Å². The van der Waals surface area contributed by atoms with E-state index >= 15 is 0 Å². The summed E-state index contributed by atoms with van der Waals surface area (Å²) in [4.78, 5) is 22.6. The van der Waals surface area contributed by atoms with Gasteiger partial charge in [-0.2, -0.15) is 8.42 Å². The minimum absolute atomic E-state index is 0.0613. The summed E-state index contributed by atoms with van der Waals surface area (Å²) in [5.74, 6) is 1.59. The molecule has 2 aliphatic heterocycles. The Morgan fingerprint density at radius 2 is 1.74 bits per heavy atom. The molecule has 0 bridgehead atoms. The van der Waals surface area contributed by atoms with Crippen LogP contribution in [0.25, 0.3) is 0 Å². The second kappa shape index (κ2) is 11.9. The van der Waals surface area contributed by atoms with Crippen LogP contribution in [0.2, 0.25) is 0 Å². The Balaban J connectivity index is 1.37. The fourth-order valence-corrected chi connectivity index (χ4v) is 4.99. The number of hydrogen-bond donors (Lipinski definition) is 0. The number of amides is 1. The van der Waals surface area contributed by atoms with Crippen molar-refractivity contribution in [3.63, 3.8) is 0 Å². The van der Waals surface area contributed by atoms with Gasteiger partial charge in [0, 0.05) is 31.8 Å². The highest BCUT2D eigenvalue weighted by Gasteiger charge is 2.29. The van der Waals surface area contributed by atoms with Gasteiger partial charge in [0.15, 0.2) is 11.5 Å². The van der Waals surface area contributed by atoms with E-state index in [1.807, 2.05) is 39.8 Å². The first kappa shape index (κ1) is 28.8. The molecule has 1 amide bonds. The lowest BCUT2D eigenvalue weighted by Gasteiger charge is -2.33. The van der Waals surface area contributed by atoms with Crippen molar-refractivity contribution in [1.82, 2.24) is 14.9 Å². The van der Waals surface area contributed by atoms with Gasteiger partial charge in [-0.25, -0.2) is 23.1 Å². The molecule has 3 heterocycles. The summed E-state index contributed by atoms with van der Waals surface area (Å²) < 4.78 is 55.3. The first-order valence-corrected chi connectivity index (χ1v) is 14.1. The molecule has 12 nitrogen and oxygen atoms in total. The van der Waals surface area contributed by atoms with E-state index in [0.29, 0.717) is 61.2 Å². The molecule has 0 N–H and O–H groups in total. The molecular weight excluding hydrogens is 530 g/mol. The normalized spacial score (nSPS) is 18.4. The number of carbonyl (C=O) groups is 1. The Hall–Kier alpha value is -3.16. The lowest BCUT2D eigenvalue weighted by Crippen LogP contribution is -2.44. The third-order valence-corrected chi connectivity index (χ3v) is 7.07. The van der Waals surface area contributed by atoms with Gasteiger partial charge in [0.25, 0.3) is 0 Å². The minimum Gasteiger partial charge on any atom is -0.493 e. The largest absolute Gasteiger partial charge is 0.493 e. The zero-order chi connectivity index (χ0) is 28.2. The van der Waals surface area contributed by atoms with E-state index in [9.17, 15) is 13.2 Å². The van der Waals surface area contributed by atoms with Crippen molar-refractivity contribution in [3.05, 3.63) is 35.7 Å². The Morgan fingerprint density at radius 1 is 1.08 bits per heavy atom. The fourth-order valence-electron chi connectivity index (χ4n) is 4.20. The Kier molecular flexibility index (Phi) is 8.82. The van der Waals surface area contributed by atoms with Gasteiger partial charge in [-0.3, -0.25) is 0 Å².